The van der Waals surface area contributed by atoms with E-state index >= 15 is 0 Å². The van der Waals surface area contributed by atoms with Gasteiger partial charge < -0.3 is 16.0 Å². The molecule has 94 valence electrons. The molecule has 1 saturated heterocycles. The number of nitrogens with zero attached hydrogens (tertiary/aromatic N) is 1. The quantitative estimate of drug-likeness (QED) is 0.751. The first-order valence-electron chi connectivity index (χ1n) is 6.91. The molecule has 1 aliphatic heterocycles. The lowest BCUT2D eigenvalue weighted by Crippen LogP contribution is -2.41. The van der Waals surface area contributed by atoms with Crippen molar-refractivity contribution in [3.63, 3.8) is 0 Å². The number of nitrogens with two attached hydrogens (primary N) is 1. The highest BCUT2D eigenvalue weighted by atomic mass is 15.1. The third-order valence-electron chi connectivity index (χ3n) is 4.47. The zero-order valence-electron chi connectivity index (χ0n) is 10.6. The minimum Gasteiger partial charge on any atom is -0.330 e. The maximum absolute atomic E-state index is 5.80. The third kappa shape index (κ3) is 3.19. The molecule has 2 fully saturated rings. The summed E-state index contributed by atoms with van der Waals surface area (Å²) in [7, 11) is 2.23. The summed E-state index contributed by atoms with van der Waals surface area (Å²) in [4.78, 5) is 2.44. The first kappa shape index (κ1) is 12.3. The molecular formula is C13H27N3. The van der Waals surface area contributed by atoms with Gasteiger partial charge in [0.15, 0.2) is 0 Å². The van der Waals surface area contributed by atoms with Crippen LogP contribution in [0.1, 0.15) is 32.1 Å². The highest BCUT2D eigenvalue weighted by molar-refractivity contribution is 4.84. The fraction of sp³-hybridized carbons (Fsp3) is 1.00. The van der Waals surface area contributed by atoms with Crippen molar-refractivity contribution >= 4 is 0 Å². The number of rotatable bonds is 4. The molecule has 2 aliphatic rings. The van der Waals surface area contributed by atoms with Gasteiger partial charge in [0, 0.05) is 6.04 Å². The molecule has 3 nitrogen and oxygen atoms in total. The number of hydrogen-bond acceptors (Lipinski definition) is 3. The SMILES string of the molecule is CN1CCC(CNC2CCCC2CN)CC1. The molecule has 0 radical (unpaired) electrons. The van der Waals surface area contributed by atoms with E-state index in [1.807, 2.05) is 0 Å². The summed E-state index contributed by atoms with van der Waals surface area (Å²) in [6.45, 7) is 4.63. The normalized spacial score (nSPS) is 33.4. The zero-order chi connectivity index (χ0) is 11.4. The Hall–Kier alpha value is -0.120. The molecule has 0 aromatic carbocycles. The van der Waals surface area contributed by atoms with Gasteiger partial charge in [-0.1, -0.05) is 6.42 Å². The Bertz CT molecular complexity index is 199. The van der Waals surface area contributed by atoms with E-state index in [0.717, 1.165) is 18.4 Å². The Kier molecular flexibility index (Phi) is 4.62. The maximum atomic E-state index is 5.80. The molecule has 2 atom stereocenters. The minimum atomic E-state index is 0.713. The average Bonchev–Trinajstić information content (AvgIpc) is 2.76. The van der Waals surface area contributed by atoms with E-state index in [4.69, 9.17) is 5.73 Å². The Morgan fingerprint density at radius 3 is 2.62 bits per heavy atom. The van der Waals surface area contributed by atoms with E-state index in [1.165, 1.54) is 51.7 Å². The summed E-state index contributed by atoms with van der Waals surface area (Å²) in [5.41, 5.74) is 5.80. The lowest BCUT2D eigenvalue weighted by atomic mass is 9.96. The minimum absolute atomic E-state index is 0.713. The van der Waals surface area contributed by atoms with Crippen LogP contribution in [-0.4, -0.2) is 44.2 Å². The van der Waals surface area contributed by atoms with Gasteiger partial charge in [0.1, 0.15) is 0 Å². The predicted molar refractivity (Wildman–Crippen MR) is 68.4 cm³/mol. The summed E-state index contributed by atoms with van der Waals surface area (Å²) >= 11 is 0. The largest absolute Gasteiger partial charge is 0.330 e. The van der Waals surface area contributed by atoms with Crippen LogP contribution in [0.15, 0.2) is 0 Å². The van der Waals surface area contributed by atoms with E-state index < -0.39 is 0 Å². The van der Waals surface area contributed by atoms with Crippen LogP contribution < -0.4 is 11.1 Å². The zero-order valence-corrected chi connectivity index (χ0v) is 10.6. The smallest absolute Gasteiger partial charge is 0.0107 e. The summed E-state index contributed by atoms with van der Waals surface area (Å²) in [5, 5.41) is 3.77. The number of hydrogen-bond donors (Lipinski definition) is 2. The van der Waals surface area contributed by atoms with Crippen LogP contribution in [0.5, 0.6) is 0 Å². The Morgan fingerprint density at radius 2 is 1.94 bits per heavy atom. The van der Waals surface area contributed by atoms with Crippen molar-refractivity contribution < 1.29 is 0 Å². The molecule has 0 amide bonds. The van der Waals surface area contributed by atoms with Gasteiger partial charge in [0.05, 0.1) is 0 Å². The van der Waals surface area contributed by atoms with Gasteiger partial charge >= 0.3 is 0 Å². The van der Waals surface area contributed by atoms with E-state index in [-0.39, 0.29) is 0 Å². The first-order valence-corrected chi connectivity index (χ1v) is 6.91. The summed E-state index contributed by atoms with van der Waals surface area (Å²) < 4.78 is 0. The molecule has 1 heterocycles. The van der Waals surface area contributed by atoms with Gasteiger partial charge in [-0.3, -0.25) is 0 Å². The molecule has 3 heteroatoms. The number of nitrogens with one attached hydrogen (secondary N) is 1. The Balaban J connectivity index is 1.67. The molecule has 0 spiro atoms. The van der Waals surface area contributed by atoms with Gasteiger partial charge in [-0.25, -0.2) is 0 Å². The molecule has 16 heavy (non-hydrogen) atoms. The van der Waals surface area contributed by atoms with Gasteiger partial charge in [0.2, 0.25) is 0 Å². The van der Waals surface area contributed by atoms with E-state index in [9.17, 15) is 0 Å². The van der Waals surface area contributed by atoms with E-state index in [1.54, 1.807) is 0 Å². The van der Waals surface area contributed by atoms with Crippen LogP contribution in [0.4, 0.5) is 0 Å². The summed E-state index contributed by atoms with van der Waals surface area (Å²) in [6.07, 6.45) is 6.77. The highest BCUT2D eigenvalue weighted by Gasteiger charge is 2.26. The van der Waals surface area contributed by atoms with Crippen LogP contribution in [0.3, 0.4) is 0 Å². The van der Waals surface area contributed by atoms with Crippen molar-refractivity contribution in [3.05, 3.63) is 0 Å². The molecule has 0 aromatic heterocycles. The van der Waals surface area contributed by atoms with Crippen LogP contribution >= 0.6 is 0 Å². The Labute approximate surface area is 99.8 Å². The Morgan fingerprint density at radius 1 is 1.19 bits per heavy atom. The molecule has 3 N–H and O–H groups in total. The second-order valence-corrected chi connectivity index (χ2v) is 5.69. The number of likely N-dealkylation sites (tertiary alicyclic amines) is 1. The first-order chi connectivity index (χ1) is 7.79. The van der Waals surface area contributed by atoms with Crippen LogP contribution in [-0.2, 0) is 0 Å². The van der Waals surface area contributed by atoms with Gasteiger partial charge in [-0.15, -0.1) is 0 Å². The van der Waals surface area contributed by atoms with Gasteiger partial charge in [-0.05, 0) is 70.7 Å². The molecule has 0 bridgehead atoms. The lowest BCUT2D eigenvalue weighted by Gasteiger charge is -2.30. The van der Waals surface area contributed by atoms with Gasteiger partial charge in [-0.2, -0.15) is 0 Å². The lowest BCUT2D eigenvalue weighted by molar-refractivity contribution is 0.209. The predicted octanol–water partition coefficient (Wildman–Crippen LogP) is 1.05. The summed E-state index contributed by atoms with van der Waals surface area (Å²) in [6, 6.07) is 0.713. The van der Waals surface area contributed by atoms with Crippen LogP contribution in [0, 0.1) is 11.8 Å². The van der Waals surface area contributed by atoms with E-state index in [0.29, 0.717) is 6.04 Å². The second kappa shape index (κ2) is 5.99. The summed E-state index contributed by atoms with van der Waals surface area (Å²) in [5.74, 6) is 1.64. The van der Waals surface area contributed by atoms with Crippen molar-refractivity contribution in [1.29, 1.82) is 0 Å². The van der Waals surface area contributed by atoms with Crippen LogP contribution in [0.25, 0.3) is 0 Å². The van der Waals surface area contributed by atoms with Crippen molar-refractivity contribution in [2.75, 3.05) is 33.2 Å². The molecule has 2 unspecified atom stereocenters. The van der Waals surface area contributed by atoms with E-state index in [2.05, 4.69) is 17.3 Å². The highest BCUT2D eigenvalue weighted by Crippen LogP contribution is 2.25. The fourth-order valence-corrected chi connectivity index (χ4v) is 3.17. The maximum Gasteiger partial charge on any atom is 0.0107 e. The molecule has 0 aromatic rings. The molecular weight excluding hydrogens is 198 g/mol. The van der Waals surface area contributed by atoms with Crippen molar-refractivity contribution in [2.24, 2.45) is 17.6 Å². The van der Waals surface area contributed by atoms with Crippen molar-refractivity contribution in [2.45, 2.75) is 38.1 Å². The topological polar surface area (TPSA) is 41.3 Å². The van der Waals surface area contributed by atoms with Crippen LogP contribution in [0.2, 0.25) is 0 Å². The standard InChI is InChI=1S/C13H27N3/c1-16-7-5-11(6-8-16)10-15-13-4-2-3-12(13)9-14/h11-13,15H,2-10,14H2,1H3. The average molecular weight is 225 g/mol. The van der Waals surface area contributed by atoms with Crippen molar-refractivity contribution in [1.82, 2.24) is 10.2 Å². The monoisotopic (exact) mass is 225 g/mol. The molecule has 2 rings (SSSR count). The van der Waals surface area contributed by atoms with Crippen molar-refractivity contribution in [3.8, 4) is 0 Å². The number of piperidine rings is 1. The fourth-order valence-electron chi connectivity index (χ4n) is 3.17. The van der Waals surface area contributed by atoms with Gasteiger partial charge in [0.25, 0.3) is 0 Å². The molecule has 1 aliphatic carbocycles. The third-order valence-corrected chi connectivity index (χ3v) is 4.47. The second-order valence-electron chi connectivity index (χ2n) is 5.69. The molecule has 1 saturated carbocycles.